The lowest BCUT2D eigenvalue weighted by molar-refractivity contribution is 0.205. The largest absolute Gasteiger partial charge is 0.315 e. The zero-order valence-electron chi connectivity index (χ0n) is 10.8. The smallest absolute Gasteiger partial charge is 0.0640 e. The number of nitrogens with one attached hydrogen (secondary N) is 1. The Balaban J connectivity index is 2.23. The van der Waals surface area contributed by atoms with Gasteiger partial charge in [-0.15, -0.1) is 0 Å². The van der Waals surface area contributed by atoms with E-state index < -0.39 is 0 Å². The Kier molecular flexibility index (Phi) is 5.31. The van der Waals surface area contributed by atoms with E-state index >= 15 is 0 Å². The Bertz CT molecular complexity index is 387. The van der Waals surface area contributed by atoms with Crippen LogP contribution in [-0.4, -0.2) is 31.1 Å². The van der Waals surface area contributed by atoms with Crippen LogP contribution in [0.4, 0.5) is 0 Å². The maximum atomic E-state index is 6.35. The first-order chi connectivity index (χ1) is 8.74. The summed E-state index contributed by atoms with van der Waals surface area (Å²) in [5.74, 6) is 0. The lowest BCUT2D eigenvalue weighted by Crippen LogP contribution is -2.32. The number of rotatable bonds is 3. The first-order valence-electron chi connectivity index (χ1n) is 6.62. The van der Waals surface area contributed by atoms with E-state index in [2.05, 4.69) is 23.2 Å². The monoisotopic (exact) mass is 286 g/mol. The first kappa shape index (κ1) is 14.1. The summed E-state index contributed by atoms with van der Waals surface area (Å²) in [6, 6.07) is 6.31. The number of nitrogens with zero attached hydrogens (tertiary/aromatic N) is 1. The van der Waals surface area contributed by atoms with E-state index in [9.17, 15) is 0 Å². The van der Waals surface area contributed by atoms with Gasteiger partial charge in [0, 0.05) is 25.7 Å². The first-order valence-corrected chi connectivity index (χ1v) is 7.38. The van der Waals surface area contributed by atoms with Gasteiger partial charge in [0.2, 0.25) is 0 Å². The fourth-order valence-electron chi connectivity index (χ4n) is 2.63. The summed E-state index contributed by atoms with van der Waals surface area (Å²) in [4.78, 5) is 2.51. The highest BCUT2D eigenvalue weighted by Crippen LogP contribution is 2.34. The molecule has 0 saturated carbocycles. The molecule has 2 nitrogen and oxygen atoms in total. The highest BCUT2D eigenvalue weighted by molar-refractivity contribution is 6.42. The molecule has 1 fully saturated rings. The van der Waals surface area contributed by atoms with E-state index in [1.54, 1.807) is 0 Å². The molecule has 1 aromatic carbocycles. The second-order valence-corrected chi connectivity index (χ2v) is 5.49. The molecule has 4 heteroatoms. The molecule has 0 bridgehead atoms. The van der Waals surface area contributed by atoms with Crippen LogP contribution in [0.25, 0.3) is 0 Å². The Morgan fingerprint density at radius 2 is 2.11 bits per heavy atom. The number of benzene rings is 1. The SMILES string of the molecule is CCC(c1cccc(Cl)c1Cl)N1CCCNCC1. The van der Waals surface area contributed by atoms with Crippen molar-refractivity contribution in [2.24, 2.45) is 0 Å². The van der Waals surface area contributed by atoms with Crippen molar-refractivity contribution in [2.75, 3.05) is 26.2 Å². The summed E-state index contributed by atoms with van der Waals surface area (Å²) in [7, 11) is 0. The third kappa shape index (κ3) is 3.18. The number of hydrogen-bond acceptors (Lipinski definition) is 2. The van der Waals surface area contributed by atoms with E-state index in [0.717, 1.165) is 38.2 Å². The van der Waals surface area contributed by atoms with Crippen molar-refractivity contribution in [2.45, 2.75) is 25.8 Å². The Morgan fingerprint density at radius 1 is 1.28 bits per heavy atom. The molecule has 1 aliphatic rings. The molecule has 18 heavy (non-hydrogen) atoms. The van der Waals surface area contributed by atoms with Crippen LogP contribution in [0.3, 0.4) is 0 Å². The second kappa shape index (κ2) is 6.76. The van der Waals surface area contributed by atoms with Gasteiger partial charge < -0.3 is 5.32 Å². The van der Waals surface area contributed by atoms with Crippen LogP contribution in [0, 0.1) is 0 Å². The fraction of sp³-hybridized carbons (Fsp3) is 0.571. The third-order valence-electron chi connectivity index (χ3n) is 3.54. The van der Waals surface area contributed by atoms with Crippen molar-refractivity contribution in [3.63, 3.8) is 0 Å². The molecule has 0 aromatic heterocycles. The van der Waals surface area contributed by atoms with Crippen LogP contribution in [0.1, 0.15) is 31.4 Å². The van der Waals surface area contributed by atoms with Gasteiger partial charge in [0.15, 0.2) is 0 Å². The van der Waals surface area contributed by atoms with Crippen LogP contribution >= 0.6 is 23.2 Å². The van der Waals surface area contributed by atoms with Gasteiger partial charge in [-0.2, -0.15) is 0 Å². The summed E-state index contributed by atoms with van der Waals surface area (Å²) in [6.45, 7) is 6.56. The van der Waals surface area contributed by atoms with Gasteiger partial charge in [0.25, 0.3) is 0 Å². The van der Waals surface area contributed by atoms with Crippen LogP contribution in [0.2, 0.25) is 10.0 Å². The van der Waals surface area contributed by atoms with Crippen LogP contribution in [-0.2, 0) is 0 Å². The molecular formula is C14H20Cl2N2. The zero-order chi connectivity index (χ0) is 13.0. The van der Waals surface area contributed by atoms with E-state index in [0.29, 0.717) is 16.1 Å². The van der Waals surface area contributed by atoms with Crippen molar-refractivity contribution in [1.82, 2.24) is 10.2 Å². The molecular weight excluding hydrogens is 267 g/mol. The molecule has 1 heterocycles. The molecule has 1 unspecified atom stereocenters. The van der Waals surface area contributed by atoms with Gasteiger partial charge >= 0.3 is 0 Å². The molecule has 1 aliphatic heterocycles. The molecule has 1 aromatic rings. The van der Waals surface area contributed by atoms with Gasteiger partial charge in [0.1, 0.15) is 0 Å². The lowest BCUT2D eigenvalue weighted by atomic mass is 10.0. The van der Waals surface area contributed by atoms with Crippen molar-refractivity contribution in [1.29, 1.82) is 0 Å². The number of hydrogen-bond donors (Lipinski definition) is 1. The second-order valence-electron chi connectivity index (χ2n) is 4.71. The molecule has 1 atom stereocenters. The Hall–Kier alpha value is -0.280. The third-order valence-corrected chi connectivity index (χ3v) is 4.38. The van der Waals surface area contributed by atoms with Crippen molar-refractivity contribution >= 4 is 23.2 Å². The van der Waals surface area contributed by atoms with Gasteiger partial charge in [-0.3, -0.25) is 4.90 Å². The average Bonchev–Trinajstić information content (AvgIpc) is 2.64. The highest BCUT2D eigenvalue weighted by atomic mass is 35.5. The Morgan fingerprint density at radius 3 is 2.89 bits per heavy atom. The molecule has 2 rings (SSSR count). The zero-order valence-corrected chi connectivity index (χ0v) is 12.3. The highest BCUT2D eigenvalue weighted by Gasteiger charge is 2.22. The summed E-state index contributed by atoms with van der Waals surface area (Å²) >= 11 is 12.5. The van der Waals surface area contributed by atoms with Gasteiger partial charge in [-0.25, -0.2) is 0 Å². The van der Waals surface area contributed by atoms with E-state index in [1.807, 2.05) is 12.1 Å². The van der Waals surface area contributed by atoms with Crippen LogP contribution < -0.4 is 5.32 Å². The molecule has 0 radical (unpaired) electrons. The predicted molar refractivity (Wildman–Crippen MR) is 78.6 cm³/mol. The summed E-state index contributed by atoms with van der Waals surface area (Å²) in [6.07, 6.45) is 2.24. The minimum atomic E-state index is 0.371. The fourth-order valence-corrected chi connectivity index (χ4v) is 3.06. The van der Waals surface area contributed by atoms with E-state index in [4.69, 9.17) is 23.2 Å². The average molecular weight is 287 g/mol. The van der Waals surface area contributed by atoms with Gasteiger partial charge in [-0.1, -0.05) is 42.3 Å². The van der Waals surface area contributed by atoms with E-state index in [1.165, 1.54) is 6.42 Å². The van der Waals surface area contributed by atoms with Crippen molar-refractivity contribution in [3.8, 4) is 0 Å². The predicted octanol–water partition coefficient (Wildman–Crippen LogP) is 3.74. The lowest BCUT2D eigenvalue weighted by Gasteiger charge is -2.30. The molecule has 100 valence electrons. The maximum absolute atomic E-state index is 6.35. The molecule has 1 saturated heterocycles. The standard InChI is InChI=1S/C14H20Cl2N2/c1-2-13(18-9-4-7-17-8-10-18)11-5-3-6-12(15)14(11)16/h3,5-6,13,17H,2,4,7-10H2,1H3. The minimum Gasteiger partial charge on any atom is -0.315 e. The van der Waals surface area contributed by atoms with Gasteiger partial charge in [0.05, 0.1) is 10.0 Å². The minimum absolute atomic E-state index is 0.371. The topological polar surface area (TPSA) is 15.3 Å². The van der Waals surface area contributed by atoms with Crippen LogP contribution in [0.15, 0.2) is 18.2 Å². The molecule has 0 amide bonds. The molecule has 0 aliphatic carbocycles. The molecule has 1 N–H and O–H groups in total. The molecule has 0 spiro atoms. The summed E-state index contributed by atoms with van der Waals surface area (Å²) < 4.78 is 0. The van der Waals surface area contributed by atoms with E-state index in [-0.39, 0.29) is 0 Å². The number of halogens is 2. The van der Waals surface area contributed by atoms with Crippen molar-refractivity contribution in [3.05, 3.63) is 33.8 Å². The normalized spacial score (nSPS) is 19.5. The Labute approximate surface area is 119 Å². The maximum Gasteiger partial charge on any atom is 0.0640 e. The summed E-state index contributed by atoms with van der Waals surface area (Å²) in [5.41, 5.74) is 1.16. The van der Waals surface area contributed by atoms with Crippen LogP contribution in [0.5, 0.6) is 0 Å². The quantitative estimate of drug-likeness (QED) is 0.911. The summed E-state index contributed by atoms with van der Waals surface area (Å²) in [5, 5.41) is 4.80. The van der Waals surface area contributed by atoms with Crippen molar-refractivity contribution < 1.29 is 0 Å². The van der Waals surface area contributed by atoms with Gasteiger partial charge in [-0.05, 0) is 31.0 Å².